The molecule has 3 rings (SSSR count). The summed E-state index contributed by atoms with van der Waals surface area (Å²) < 4.78 is 5.44. The molecule has 2 N–H and O–H groups in total. The lowest BCUT2D eigenvalue weighted by atomic mass is 9.96. The van der Waals surface area contributed by atoms with Gasteiger partial charge in [0.15, 0.2) is 0 Å². The molecule has 0 radical (unpaired) electrons. The summed E-state index contributed by atoms with van der Waals surface area (Å²) in [6.45, 7) is 1.62. The van der Waals surface area contributed by atoms with Gasteiger partial charge >= 0.3 is 0 Å². The molecule has 2 nitrogen and oxygen atoms in total. The topological polar surface area (TPSA) is 35.2 Å². The summed E-state index contributed by atoms with van der Waals surface area (Å²) in [5.41, 5.74) is 10.2. The van der Waals surface area contributed by atoms with Crippen LogP contribution in [0.15, 0.2) is 18.2 Å². The van der Waals surface area contributed by atoms with Gasteiger partial charge in [-0.2, -0.15) is 0 Å². The Morgan fingerprint density at radius 2 is 2.07 bits per heavy atom. The Kier molecular flexibility index (Phi) is 1.70. The molecule has 0 atom stereocenters. The summed E-state index contributed by atoms with van der Waals surface area (Å²) >= 11 is 0. The van der Waals surface area contributed by atoms with E-state index in [0.717, 1.165) is 32.5 Å². The molecule has 74 valence electrons. The van der Waals surface area contributed by atoms with Gasteiger partial charge < -0.3 is 10.5 Å². The van der Waals surface area contributed by atoms with E-state index in [0.29, 0.717) is 0 Å². The molecule has 1 aliphatic carbocycles. The largest absolute Gasteiger partial charge is 0.376 e. The van der Waals surface area contributed by atoms with Crippen molar-refractivity contribution in [3.8, 4) is 0 Å². The van der Waals surface area contributed by atoms with Gasteiger partial charge in [0.05, 0.1) is 13.2 Å². The van der Waals surface area contributed by atoms with Gasteiger partial charge in [-0.15, -0.1) is 0 Å². The summed E-state index contributed by atoms with van der Waals surface area (Å²) in [5.74, 6) is 0. The van der Waals surface area contributed by atoms with E-state index in [1.165, 1.54) is 16.7 Å². The highest BCUT2D eigenvalue weighted by atomic mass is 16.5. The van der Waals surface area contributed by atoms with Gasteiger partial charge in [-0.05, 0) is 36.0 Å². The monoisotopic (exact) mass is 189 g/mol. The van der Waals surface area contributed by atoms with E-state index in [9.17, 15) is 0 Å². The standard InChI is InChI=1S/C12H15NO/c13-12(4-5-12)11-2-1-9-3-6-14-8-10(9)7-11/h1-2,7H,3-6,8,13H2. The maximum absolute atomic E-state index is 6.16. The Morgan fingerprint density at radius 3 is 2.86 bits per heavy atom. The molecule has 2 aliphatic rings. The van der Waals surface area contributed by atoms with Crippen molar-refractivity contribution in [1.29, 1.82) is 0 Å². The lowest BCUT2D eigenvalue weighted by molar-refractivity contribution is 0.110. The molecule has 1 heterocycles. The van der Waals surface area contributed by atoms with Crippen LogP contribution in [0.3, 0.4) is 0 Å². The highest BCUT2D eigenvalue weighted by Crippen LogP contribution is 2.43. The summed E-state index contributed by atoms with van der Waals surface area (Å²) in [6, 6.07) is 6.65. The molecule has 1 aromatic carbocycles. The Bertz CT molecular complexity index is 369. The maximum Gasteiger partial charge on any atom is 0.0719 e. The SMILES string of the molecule is NC1(c2ccc3c(c2)COCC3)CC1. The lowest BCUT2D eigenvalue weighted by Crippen LogP contribution is -2.20. The van der Waals surface area contributed by atoms with Gasteiger partial charge in [0, 0.05) is 5.54 Å². The van der Waals surface area contributed by atoms with E-state index in [1.54, 1.807) is 0 Å². The van der Waals surface area contributed by atoms with Crippen LogP contribution in [0, 0.1) is 0 Å². The van der Waals surface area contributed by atoms with Crippen molar-refractivity contribution in [3.63, 3.8) is 0 Å². The molecule has 0 saturated heterocycles. The van der Waals surface area contributed by atoms with E-state index < -0.39 is 0 Å². The van der Waals surface area contributed by atoms with E-state index in [1.807, 2.05) is 0 Å². The predicted octanol–water partition coefficient (Wildman–Crippen LogP) is 1.71. The first-order chi connectivity index (χ1) is 6.78. The van der Waals surface area contributed by atoms with Crippen molar-refractivity contribution >= 4 is 0 Å². The van der Waals surface area contributed by atoms with Crippen LogP contribution >= 0.6 is 0 Å². The second-order valence-corrected chi connectivity index (χ2v) is 4.44. The Morgan fingerprint density at radius 1 is 1.21 bits per heavy atom. The fourth-order valence-corrected chi connectivity index (χ4v) is 2.10. The highest BCUT2D eigenvalue weighted by Gasteiger charge is 2.40. The number of hydrogen-bond acceptors (Lipinski definition) is 2. The van der Waals surface area contributed by atoms with E-state index >= 15 is 0 Å². The summed E-state index contributed by atoms with van der Waals surface area (Å²) in [5, 5.41) is 0. The molecule has 1 fully saturated rings. The first kappa shape index (κ1) is 8.45. The van der Waals surface area contributed by atoms with E-state index in [-0.39, 0.29) is 5.54 Å². The molecule has 1 saturated carbocycles. The van der Waals surface area contributed by atoms with Crippen molar-refractivity contribution in [1.82, 2.24) is 0 Å². The molecule has 2 heteroatoms. The molecular formula is C12H15NO. The molecule has 0 spiro atoms. The molecule has 0 unspecified atom stereocenters. The van der Waals surface area contributed by atoms with Crippen LogP contribution in [0.2, 0.25) is 0 Å². The molecule has 0 amide bonds. The number of benzene rings is 1. The van der Waals surface area contributed by atoms with Crippen LogP contribution in [0.1, 0.15) is 29.5 Å². The minimum atomic E-state index is -0.00746. The van der Waals surface area contributed by atoms with Crippen molar-refractivity contribution < 1.29 is 4.74 Å². The first-order valence-electron chi connectivity index (χ1n) is 5.27. The highest BCUT2D eigenvalue weighted by molar-refractivity contribution is 5.38. The number of rotatable bonds is 1. The molecule has 1 aromatic rings. The number of hydrogen-bond donors (Lipinski definition) is 1. The van der Waals surface area contributed by atoms with Crippen LogP contribution in [0.25, 0.3) is 0 Å². The molecule has 14 heavy (non-hydrogen) atoms. The third-order valence-corrected chi connectivity index (χ3v) is 3.34. The predicted molar refractivity (Wildman–Crippen MR) is 54.9 cm³/mol. The van der Waals surface area contributed by atoms with Crippen molar-refractivity contribution in [2.24, 2.45) is 5.73 Å². The van der Waals surface area contributed by atoms with Gasteiger partial charge in [0.1, 0.15) is 0 Å². The number of fused-ring (bicyclic) bond motifs is 1. The van der Waals surface area contributed by atoms with Gasteiger partial charge in [-0.3, -0.25) is 0 Å². The van der Waals surface area contributed by atoms with Crippen LogP contribution in [-0.4, -0.2) is 6.61 Å². The van der Waals surface area contributed by atoms with E-state index in [2.05, 4.69) is 18.2 Å². The second-order valence-electron chi connectivity index (χ2n) is 4.44. The van der Waals surface area contributed by atoms with Crippen molar-refractivity contribution in [2.45, 2.75) is 31.4 Å². The summed E-state index contributed by atoms with van der Waals surface area (Å²) in [4.78, 5) is 0. The molecule has 0 bridgehead atoms. The summed E-state index contributed by atoms with van der Waals surface area (Å²) in [7, 11) is 0. The van der Waals surface area contributed by atoms with Gasteiger partial charge in [0.25, 0.3) is 0 Å². The second kappa shape index (κ2) is 2.81. The molecular weight excluding hydrogens is 174 g/mol. The normalized spacial score (nSPS) is 22.9. The van der Waals surface area contributed by atoms with Crippen LogP contribution in [-0.2, 0) is 23.3 Å². The maximum atomic E-state index is 6.16. The zero-order valence-electron chi connectivity index (χ0n) is 8.25. The Balaban J connectivity index is 2.01. The van der Waals surface area contributed by atoms with Gasteiger partial charge in [-0.25, -0.2) is 0 Å². The molecule has 0 aromatic heterocycles. The van der Waals surface area contributed by atoms with Crippen LogP contribution in [0.4, 0.5) is 0 Å². The Hall–Kier alpha value is -0.860. The van der Waals surface area contributed by atoms with Crippen molar-refractivity contribution in [3.05, 3.63) is 34.9 Å². The fraction of sp³-hybridized carbons (Fsp3) is 0.500. The zero-order chi connectivity index (χ0) is 9.60. The summed E-state index contributed by atoms with van der Waals surface area (Å²) in [6.07, 6.45) is 3.31. The van der Waals surface area contributed by atoms with Gasteiger partial charge in [0.2, 0.25) is 0 Å². The van der Waals surface area contributed by atoms with Crippen LogP contribution in [0.5, 0.6) is 0 Å². The average Bonchev–Trinajstić information content (AvgIpc) is 2.97. The van der Waals surface area contributed by atoms with E-state index in [4.69, 9.17) is 10.5 Å². The molecule has 1 aliphatic heterocycles. The van der Waals surface area contributed by atoms with Crippen LogP contribution < -0.4 is 5.73 Å². The number of nitrogens with two attached hydrogens (primary N) is 1. The quantitative estimate of drug-likeness (QED) is 0.730. The smallest absolute Gasteiger partial charge is 0.0719 e. The number of ether oxygens (including phenoxy) is 1. The fourth-order valence-electron chi connectivity index (χ4n) is 2.10. The minimum Gasteiger partial charge on any atom is -0.376 e. The zero-order valence-corrected chi connectivity index (χ0v) is 8.25. The van der Waals surface area contributed by atoms with Crippen molar-refractivity contribution in [2.75, 3.05) is 6.61 Å². The minimum absolute atomic E-state index is 0.00746. The van der Waals surface area contributed by atoms with Gasteiger partial charge in [-0.1, -0.05) is 18.2 Å². The third-order valence-electron chi connectivity index (χ3n) is 3.34. The lowest BCUT2D eigenvalue weighted by Gasteiger charge is -2.19. The Labute approximate surface area is 84.1 Å². The third kappa shape index (κ3) is 1.26. The average molecular weight is 189 g/mol. The first-order valence-corrected chi connectivity index (χ1v) is 5.27.